The van der Waals surface area contributed by atoms with Crippen LogP contribution in [0, 0.1) is 0 Å². The van der Waals surface area contributed by atoms with Gasteiger partial charge in [0.1, 0.15) is 0 Å². The summed E-state index contributed by atoms with van der Waals surface area (Å²) in [5, 5.41) is 5.12. The van der Waals surface area contributed by atoms with Crippen LogP contribution < -0.4 is 5.32 Å². The van der Waals surface area contributed by atoms with Gasteiger partial charge in [0, 0.05) is 25.0 Å². The number of hydrogen-bond donors (Lipinski definition) is 1. The lowest BCUT2D eigenvalue weighted by Crippen LogP contribution is -2.30. The van der Waals surface area contributed by atoms with Crippen molar-refractivity contribution >= 4 is 21.4 Å². The fourth-order valence-electron chi connectivity index (χ4n) is 1.96. The molecule has 5 nitrogen and oxygen atoms in total. The van der Waals surface area contributed by atoms with Gasteiger partial charge in [-0.1, -0.05) is 6.92 Å². The molecule has 21 heavy (non-hydrogen) atoms. The van der Waals surface area contributed by atoms with E-state index in [1.165, 1.54) is 15.6 Å². The molecule has 0 saturated carbocycles. The van der Waals surface area contributed by atoms with E-state index in [1.54, 1.807) is 13.1 Å². The van der Waals surface area contributed by atoms with E-state index >= 15 is 0 Å². The molecule has 7 heteroatoms. The van der Waals surface area contributed by atoms with E-state index in [4.69, 9.17) is 0 Å². The van der Waals surface area contributed by atoms with Crippen molar-refractivity contribution < 1.29 is 8.42 Å². The zero-order valence-electron chi connectivity index (χ0n) is 13.4. The highest BCUT2D eigenvalue weighted by Crippen LogP contribution is 2.24. The van der Waals surface area contributed by atoms with Crippen molar-refractivity contribution in [2.75, 3.05) is 40.8 Å². The number of nitrogens with zero attached hydrogens (tertiary/aromatic N) is 2. The first kappa shape index (κ1) is 18.6. The summed E-state index contributed by atoms with van der Waals surface area (Å²) < 4.78 is 26.7. The molecule has 0 amide bonds. The Morgan fingerprint density at radius 3 is 2.57 bits per heavy atom. The molecule has 0 bridgehead atoms. The third-order valence-electron chi connectivity index (χ3n) is 3.18. The third-order valence-corrected chi connectivity index (χ3v) is 6.18. The van der Waals surface area contributed by atoms with Gasteiger partial charge in [-0.2, -0.15) is 0 Å². The largest absolute Gasteiger partial charge is 0.312 e. The van der Waals surface area contributed by atoms with Crippen molar-refractivity contribution in [3.05, 3.63) is 16.3 Å². The van der Waals surface area contributed by atoms with Crippen molar-refractivity contribution in [2.24, 2.45) is 0 Å². The molecule has 0 aromatic carbocycles. The van der Waals surface area contributed by atoms with Gasteiger partial charge < -0.3 is 10.2 Å². The van der Waals surface area contributed by atoms with Crippen LogP contribution in [0.1, 0.15) is 24.6 Å². The number of hydrogen-bond acceptors (Lipinski definition) is 5. The van der Waals surface area contributed by atoms with Crippen LogP contribution in [0.15, 0.2) is 16.3 Å². The predicted octanol–water partition coefficient (Wildman–Crippen LogP) is 1.82. The quantitative estimate of drug-likeness (QED) is 0.664. The van der Waals surface area contributed by atoms with E-state index in [0.29, 0.717) is 18.0 Å². The summed E-state index contributed by atoms with van der Waals surface area (Å²) in [5.41, 5.74) is 0. The second-order valence-corrected chi connectivity index (χ2v) is 8.38. The molecule has 1 aromatic rings. The molecule has 1 aromatic heterocycles. The van der Waals surface area contributed by atoms with Crippen LogP contribution in [0.3, 0.4) is 0 Å². The molecule has 0 spiro atoms. The van der Waals surface area contributed by atoms with Gasteiger partial charge in [-0.15, -0.1) is 11.3 Å². The lowest BCUT2D eigenvalue weighted by molar-refractivity contribution is 0.370. The van der Waals surface area contributed by atoms with Crippen molar-refractivity contribution in [3.8, 4) is 0 Å². The Balaban J connectivity index is 2.71. The number of sulfonamides is 1. The molecule has 122 valence electrons. The molecular weight excluding hydrogens is 306 g/mol. The summed E-state index contributed by atoms with van der Waals surface area (Å²) in [6.07, 6.45) is 1.87. The minimum atomic E-state index is -3.38. The van der Waals surface area contributed by atoms with Gasteiger partial charge in [-0.05, 0) is 51.5 Å². The van der Waals surface area contributed by atoms with Crippen LogP contribution in [0.4, 0.5) is 0 Å². The second-order valence-electron chi connectivity index (χ2n) is 5.37. The standard InChI is InChI=1S/C14H27N3O2S2/c1-5-8-15-12-13-14(7-11-20-13)21(18,19)17(4)10-6-9-16(2)3/h7,11,15H,5-6,8-10,12H2,1-4H3. The zero-order valence-corrected chi connectivity index (χ0v) is 15.1. The van der Waals surface area contributed by atoms with Gasteiger partial charge in [0.25, 0.3) is 0 Å². The van der Waals surface area contributed by atoms with Crippen LogP contribution in [0.5, 0.6) is 0 Å². The minimum Gasteiger partial charge on any atom is -0.312 e. The lowest BCUT2D eigenvalue weighted by atomic mass is 10.4. The average Bonchev–Trinajstić information content (AvgIpc) is 2.87. The maximum atomic E-state index is 12.6. The van der Waals surface area contributed by atoms with E-state index in [1.807, 2.05) is 19.5 Å². The van der Waals surface area contributed by atoms with Crippen molar-refractivity contribution in [2.45, 2.75) is 31.2 Å². The van der Waals surface area contributed by atoms with Crippen molar-refractivity contribution in [1.29, 1.82) is 0 Å². The SMILES string of the molecule is CCCNCc1sccc1S(=O)(=O)N(C)CCCN(C)C. The topological polar surface area (TPSA) is 52.7 Å². The molecule has 1 N–H and O–H groups in total. The van der Waals surface area contributed by atoms with Gasteiger partial charge in [-0.25, -0.2) is 12.7 Å². The Hall–Kier alpha value is -0.470. The fraction of sp³-hybridized carbons (Fsp3) is 0.714. The smallest absolute Gasteiger partial charge is 0.243 e. The molecular formula is C14H27N3O2S2. The van der Waals surface area contributed by atoms with Crippen LogP contribution >= 0.6 is 11.3 Å². The molecule has 0 radical (unpaired) electrons. The molecule has 0 aliphatic rings. The highest BCUT2D eigenvalue weighted by Gasteiger charge is 2.24. The molecule has 0 atom stereocenters. The van der Waals surface area contributed by atoms with E-state index in [0.717, 1.165) is 30.8 Å². The third kappa shape index (κ3) is 5.67. The first-order chi connectivity index (χ1) is 9.89. The van der Waals surface area contributed by atoms with Gasteiger partial charge in [-0.3, -0.25) is 0 Å². The van der Waals surface area contributed by atoms with E-state index < -0.39 is 10.0 Å². The summed E-state index contributed by atoms with van der Waals surface area (Å²) in [7, 11) is 2.26. The van der Waals surface area contributed by atoms with Crippen molar-refractivity contribution in [3.63, 3.8) is 0 Å². The Labute approximate surface area is 133 Å². The summed E-state index contributed by atoms with van der Waals surface area (Å²) >= 11 is 1.50. The van der Waals surface area contributed by atoms with Crippen LogP contribution in [0.25, 0.3) is 0 Å². The Morgan fingerprint density at radius 1 is 1.24 bits per heavy atom. The van der Waals surface area contributed by atoms with Gasteiger partial charge in [0.15, 0.2) is 0 Å². The molecule has 0 unspecified atom stereocenters. The van der Waals surface area contributed by atoms with Gasteiger partial charge in [0.05, 0.1) is 4.90 Å². The molecule has 0 aliphatic heterocycles. The first-order valence-corrected chi connectivity index (χ1v) is 9.59. The van der Waals surface area contributed by atoms with Crippen LogP contribution in [-0.4, -0.2) is 58.4 Å². The number of rotatable bonds is 10. The Bertz CT molecular complexity index is 512. The maximum absolute atomic E-state index is 12.6. The van der Waals surface area contributed by atoms with Gasteiger partial charge >= 0.3 is 0 Å². The maximum Gasteiger partial charge on any atom is 0.243 e. The molecule has 1 heterocycles. The molecule has 0 aliphatic carbocycles. The zero-order chi connectivity index (χ0) is 15.9. The summed E-state index contributed by atoms with van der Waals surface area (Å²) in [5.74, 6) is 0. The normalized spacial score (nSPS) is 12.5. The Kier molecular flexibility index (Phi) is 7.83. The molecule has 1 rings (SSSR count). The number of nitrogens with one attached hydrogen (secondary N) is 1. The van der Waals surface area contributed by atoms with E-state index in [-0.39, 0.29) is 0 Å². The van der Waals surface area contributed by atoms with E-state index in [9.17, 15) is 8.42 Å². The van der Waals surface area contributed by atoms with Crippen LogP contribution in [-0.2, 0) is 16.6 Å². The first-order valence-electron chi connectivity index (χ1n) is 7.27. The minimum absolute atomic E-state index is 0.448. The van der Waals surface area contributed by atoms with Crippen molar-refractivity contribution in [1.82, 2.24) is 14.5 Å². The second kappa shape index (κ2) is 8.85. The lowest BCUT2D eigenvalue weighted by Gasteiger charge is -2.18. The summed E-state index contributed by atoms with van der Waals surface area (Å²) in [4.78, 5) is 3.40. The Morgan fingerprint density at radius 2 is 1.95 bits per heavy atom. The van der Waals surface area contributed by atoms with Gasteiger partial charge in [0.2, 0.25) is 10.0 Å². The van der Waals surface area contributed by atoms with E-state index in [2.05, 4.69) is 17.1 Å². The highest BCUT2D eigenvalue weighted by atomic mass is 32.2. The predicted molar refractivity (Wildman–Crippen MR) is 89.3 cm³/mol. The summed E-state index contributed by atoms with van der Waals surface area (Å²) in [6, 6.07) is 1.71. The number of thiophene rings is 1. The monoisotopic (exact) mass is 333 g/mol. The van der Waals surface area contributed by atoms with Crippen LogP contribution in [0.2, 0.25) is 0 Å². The molecule has 0 saturated heterocycles. The molecule has 0 fully saturated rings. The average molecular weight is 334 g/mol. The summed E-state index contributed by atoms with van der Waals surface area (Å²) in [6.45, 7) is 5.03. The highest BCUT2D eigenvalue weighted by molar-refractivity contribution is 7.89. The fourth-order valence-corrected chi connectivity index (χ4v) is 4.55.